The lowest BCUT2D eigenvalue weighted by molar-refractivity contribution is 0.743. The fraction of sp³-hybridized carbons (Fsp3) is 0.183. The second kappa shape index (κ2) is 15.0. The Hall–Kier alpha value is -7.53. The van der Waals surface area contributed by atoms with Gasteiger partial charge in [0.15, 0.2) is 0 Å². The second-order valence-electron chi connectivity index (χ2n) is 19.6. The summed E-state index contributed by atoms with van der Waals surface area (Å²) in [5, 5.41) is 11.2. The van der Waals surface area contributed by atoms with E-state index in [0.717, 1.165) is 39.9 Å². The number of hydrogen-bond acceptors (Lipinski definition) is 6. The summed E-state index contributed by atoms with van der Waals surface area (Å²) in [5.74, 6) is 1.42. The standard InChI is InChI=1S/C60H50N8S2/c1-31-21-25-62-53-44-16-13-23-63-59(44)68(54(31)53)56-34(4)36(6)66(38(56)8)50-29-40(27-46-42-15-10-12-18-52(42)70-58(46)50)39-26-45-41-14-9-11-17-51(41)69-57(45)49(28-39)65-35(5)33(3)55(37(65)7)67-48-22-24-61-30-47(48)43-20-19-32(2)64-60(43)67/h9-20,22-32,64H,21H2,1-8H3. The highest BCUT2D eigenvalue weighted by atomic mass is 32.1. The minimum atomic E-state index is 0.203. The number of nitrogens with one attached hydrogen (secondary N) is 1. The van der Waals surface area contributed by atoms with Gasteiger partial charge in [0.2, 0.25) is 0 Å². The first-order valence-electron chi connectivity index (χ1n) is 24.3. The molecule has 0 aliphatic carbocycles. The number of benzene rings is 4. The van der Waals surface area contributed by atoms with Crippen LogP contribution in [0.4, 0.5) is 11.5 Å². The van der Waals surface area contributed by atoms with Crippen molar-refractivity contribution in [2.45, 2.75) is 73.8 Å². The number of anilines is 1. The predicted octanol–water partition coefficient (Wildman–Crippen LogP) is 16.2. The van der Waals surface area contributed by atoms with Crippen LogP contribution in [-0.2, 0) is 0 Å². The average molecular weight is 947 g/mol. The number of hydrogen-bond donors (Lipinski definition) is 1. The molecule has 342 valence electrons. The van der Waals surface area contributed by atoms with Gasteiger partial charge < -0.3 is 14.5 Å². The molecule has 8 aromatic heterocycles. The SMILES string of the molecule is Cc1c(-n2c3c(c4cnccc42)C=CC(C)N3)c(C)n(-c2cc(-c3cc(-n4c(C)c(C)c(-n5c6c(c7cccnc75)N=CCC6C)c4C)c4sc5ccccc5c4c3)cc3c2sc2ccccc23)c1C. The Morgan fingerprint density at radius 1 is 0.600 bits per heavy atom. The Morgan fingerprint density at radius 2 is 1.20 bits per heavy atom. The van der Waals surface area contributed by atoms with Gasteiger partial charge in [0, 0.05) is 107 Å². The third kappa shape index (κ3) is 5.60. The zero-order valence-corrected chi connectivity index (χ0v) is 42.1. The smallest absolute Gasteiger partial charge is 0.146 e. The van der Waals surface area contributed by atoms with E-state index in [1.54, 1.807) is 0 Å². The lowest BCUT2D eigenvalue weighted by Crippen LogP contribution is -2.18. The first-order chi connectivity index (χ1) is 34.1. The summed E-state index contributed by atoms with van der Waals surface area (Å²) in [4.78, 5) is 14.6. The van der Waals surface area contributed by atoms with Crippen LogP contribution in [0.25, 0.3) is 102 Å². The van der Waals surface area contributed by atoms with Crippen LogP contribution >= 0.6 is 22.7 Å². The maximum atomic E-state index is 5.04. The van der Waals surface area contributed by atoms with E-state index < -0.39 is 0 Å². The Kier molecular flexibility index (Phi) is 8.87. The van der Waals surface area contributed by atoms with Crippen LogP contribution < -0.4 is 5.32 Å². The Bertz CT molecular complexity index is 4310. The normalized spacial score (nSPS) is 15.7. The van der Waals surface area contributed by atoms with Gasteiger partial charge in [-0.05, 0) is 132 Å². The van der Waals surface area contributed by atoms with E-state index in [-0.39, 0.29) is 6.04 Å². The largest absolute Gasteiger partial charge is 0.365 e. The molecule has 0 amide bonds. The van der Waals surface area contributed by atoms with Crippen molar-refractivity contribution in [2.75, 3.05) is 5.32 Å². The molecule has 4 aromatic carbocycles. The number of fused-ring (bicyclic) bond motifs is 12. The van der Waals surface area contributed by atoms with E-state index >= 15 is 0 Å². The van der Waals surface area contributed by atoms with Crippen molar-refractivity contribution in [3.05, 3.63) is 161 Å². The molecule has 0 radical (unpaired) electrons. The van der Waals surface area contributed by atoms with Gasteiger partial charge in [0.1, 0.15) is 11.5 Å². The summed E-state index contributed by atoms with van der Waals surface area (Å²) in [7, 11) is 0. The zero-order valence-electron chi connectivity index (χ0n) is 40.4. The molecule has 10 heteroatoms. The molecule has 0 saturated heterocycles. The molecule has 1 N–H and O–H groups in total. The molecule has 0 bridgehead atoms. The Morgan fingerprint density at radius 3 is 1.84 bits per heavy atom. The molecular formula is C60H50N8S2. The maximum Gasteiger partial charge on any atom is 0.146 e. The first-order valence-corrected chi connectivity index (χ1v) is 25.9. The number of rotatable bonds is 5. The van der Waals surface area contributed by atoms with E-state index in [1.165, 1.54) is 119 Å². The molecule has 2 aliphatic rings. The van der Waals surface area contributed by atoms with Crippen LogP contribution in [-0.4, -0.2) is 40.5 Å². The van der Waals surface area contributed by atoms with Gasteiger partial charge in [-0.25, -0.2) is 4.98 Å². The number of nitrogens with zero attached hydrogens (tertiary/aromatic N) is 7. The van der Waals surface area contributed by atoms with Crippen molar-refractivity contribution in [1.82, 2.24) is 28.2 Å². The minimum absolute atomic E-state index is 0.203. The highest BCUT2D eigenvalue weighted by molar-refractivity contribution is 7.26. The van der Waals surface area contributed by atoms with Crippen molar-refractivity contribution in [1.29, 1.82) is 0 Å². The van der Waals surface area contributed by atoms with Crippen molar-refractivity contribution in [2.24, 2.45) is 4.99 Å². The quantitative estimate of drug-likeness (QED) is 0.187. The topological polar surface area (TPSA) is 69.9 Å². The van der Waals surface area contributed by atoms with Crippen LogP contribution in [0.3, 0.4) is 0 Å². The molecule has 0 saturated carbocycles. The molecule has 2 aliphatic heterocycles. The van der Waals surface area contributed by atoms with Gasteiger partial charge in [-0.1, -0.05) is 55.5 Å². The summed E-state index contributed by atoms with van der Waals surface area (Å²) in [6.45, 7) is 18.3. The molecular weight excluding hydrogens is 897 g/mol. The third-order valence-electron chi connectivity index (χ3n) is 15.6. The summed E-state index contributed by atoms with van der Waals surface area (Å²) in [5.41, 5.74) is 20.1. The summed E-state index contributed by atoms with van der Waals surface area (Å²) in [6.07, 6.45) is 13.3. The fourth-order valence-corrected chi connectivity index (χ4v) is 14.5. The van der Waals surface area contributed by atoms with Crippen LogP contribution in [0.2, 0.25) is 0 Å². The zero-order chi connectivity index (χ0) is 47.4. The summed E-state index contributed by atoms with van der Waals surface area (Å²) in [6, 6.07) is 34.2. The summed E-state index contributed by atoms with van der Waals surface area (Å²) >= 11 is 3.78. The molecule has 12 aromatic rings. The minimum Gasteiger partial charge on any atom is -0.365 e. The van der Waals surface area contributed by atoms with Gasteiger partial charge in [-0.3, -0.25) is 19.1 Å². The molecule has 2 atom stereocenters. The fourth-order valence-electron chi connectivity index (χ4n) is 12.2. The van der Waals surface area contributed by atoms with E-state index in [4.69, 9.17) is 9.98 Å². The predicted molar refractivity (Wildman–Crippen MR) is 297 cm³/mol. The monoisotopic (exact) mass is 946 g/mol. The van der Waals surface area contributed by atoms with Crippen LogP contribution in [0.5, 0.6) is 0 Å². The van der Waals surface area contributed by atoms with Gasteiger partial charge in [-0.2, -0.15) is 0 Å². The molecule has 0 fully saturated rings. The van der Waals surface area contributed by atoms with Crippen molar-refractivity contribution in [3.63, 3.8) is 0 Å². The van der Waals surface area contributed by atoms with Gasteiger partial charge in [0.25, 0.3) is 0 Å². The lowest BCUT2D eigenvalue weighted by Gasteiger charge is -2.20. The lowest BCUT2D eigenvalue weighted by atomic mass is 9.98. The number of thiophene rings is 2. The number of pyridine rings is 2. The van der Waals surface area contributed by atoms with Gasteiger partial charge >= 0.3 is 0 Å². The Balaban J connectivity index is 1.04. The third-order valence-corrected chi connectivity index (χ3v) is 18.0. The van der Waals surface area contributed by atoms with Crippen molar-refractivity contribution in [3.8, 4) is 33.9 Å². The van der Waals surface area contributed by atoms with Gasteiger partial charge in [0.05, 0.1) is 49.0 Å². The van der Waals surface area contributed by atoms with Crippen molar-refractivity contribution < 1.29 is 0 Å². The van der Waals surface area contributed by atoms with E-state index in [0.29, 0.717) is 5.92 Å². The molecule has 2 unspecified atom stereocenters. The highest BCUT2D eigenvalue weighted by Gasteiger charge is 2.31. The molecule has 8 nitrogen and oxygen atoms in total. The van der Waals surface area contributed by atoms with E-state index in [2.05, 4.69) is 187 Å². The maximum absolute atomic E-state index is 5.04. The van der Waals surface area contributed by atoms with E-state index in [1.807, 2.05) is 47.3 Å². The molecule has 10 heterocycles. The first kappa shape index (κ1) is 41.4. The second-order valence-corrected chi connectivity index (χ2v) is 21.7. The van der Waals surface area contributed by atoms with Crippen LogP contribution in [0, 0.1) is 41.5 Å². The van der Waals surface area contributed by atoms with E-state index in [9.17, 15) is 0 Å². The molecule has 0 spiro atoms. The van der Waals surface area contributed by atoms with Crippen LogP contribution in [0.1, 0.15) is 71.3 Å². The average Bonchev–Trinajstić information content (AvgIpc) is 4.19. The van der Waals surface area contributed by atoms with Gasteiger partial charge in [-0.15, -0.1) is 22.7 Å². The Labute approximate surface area is 413 Å². The highest BCUT2D eigenvalue weighted by Crippen LogP contribution is 2.49. The molecule has 14 rings (SSSR count). The van der Waals surface area contributed by atoms with Crippen LogP contribution in [0.15, 0.2) is 121 Å². The molecule has 70 heavy (non-hydrogen) atoms. The summed E-state index contributed by atoms with van der Waals surface area (Å²) < 4.78 is 15.1. The number of aromatic nitrogens is 6. The number of aliphatic imine (C=N–C) groups is 1. The van der Waals surface area contributed by atoms with Crippen molar-refractivity contribution >= 4 is 109 Å².